The number of aliphatic hydroxyl groups excluding tert-OH is 1. The van der Waals surface area contributed by atoms with Gasteiger partial charge in [-0.15, -0.1) is 0 Å². The number of hydrogen-bond donors (Lipinski definition) is 1. The van der Waals surface area contributed by atoms with E-state index in [4.69, 9.17) is 9.52 Å². The average molecular weight is 219 g/mol. The molecule has 1 aromatic heterocycles. The lowest BCUT2D eigenvalue weighted by molar-refractivity contribution is 0.282. The van der Waals surface area contributed by atoms with E-state index in [1.807, 2.05) is 45.0 Å². The normalized spacial score (nSPS) is 9.50. The molecule has 0 radical (unpaired) electrons. The quantitative estimate of drug-likeness (QED) is 0.843. The highest BCUT2D eigenvalue weighted by Gasteiger charge is 2.02. The maximum Gasteiger partial charge on any atom is 0.191 e. The van der Waals surface area contributed by atoms with Crippen molar-refractivity contribution in [3.05, 3.63) is 42.0 Å². The molecule has 0 fully saturated rings. The van der Waals surface area contributed by atoms with Crippen LogP contribution in [0.1, 0.15) is 25.3 Å². The molecule has 1 aromatic carbocycles. The van der Waals surface area contributed by atoms with Crippen LogP contribution in [0.5, 0.6) is 0 Å². The smallest absolute Gasteiger partial charge is 0.191 e. The van der Waals surface area contributed by atoms with Crippen LogP contribution in [0.25, 0.3) is 11.3 Å². The van der Waals surface area contributed by atoms with Crippen LogP contribution < -0.4 is 0 Å². The van der Waals surface area contributed by atoms with Gasteiger partial charge in [-0.2, -0.15) is 0 Å². The molecule has 2 rings (SSSR count). The third-order valence-corrected chi connectivity index (χ3v) is 2.05. The lowest BCUT2D eigenvalue weighted by Gasteiger charge is -1.97. The Labute approximate surface area is 95.8 Å². The first-order valence-corrected chi connectivity index (χ1v) is 5.42. The van der Waals surface area contributed by atoms with Crippen LogP contribution >= 0.6 is 0 Å². The van der Waals surface area contributed by atoms with Crippen molar-refractivity contribution in [2.24, 2.45) is 0 Å². The molecule has 1 N–H and O–H groups in total. The Kier molecular flexibility index (Phi) is 4.73. The first-order chi connectivity index (χ1) is 7.79. The molecular weight excluding hydrogens is 202 g/mol. The Bertz CT molecular complexity index is 418. The molecule has 0 aliphatic heterocycles. The van der Waals surface area contributed by atoms with Crippen molar-refractivity contribution in [1.82, 2.24) is 4.98 Å². The van der Waals surface area contributed by atoms with Gasteiger partial charge in [0.2, 0.25) is 0 Å². The summed E-state index contributed by atoms with van der Waals surface area (Å²) in [4.78, 5) is 4.21. The molecule has 2 aromatic rings. The zero-order valence-corrected chi connectivity index (χ0v) is 9.90. The van der Waals surface area contributed by atoms with Gasteiger partial charge in [-0.25, -0.2) is 4.98 Å². The summed E-state index contributed by atoms with van der Waals surface area (Å²) in [5.41, 5.74) is 2.72. The van der Waals surface area contributed by atoms with Gasteiger partial charge in [-0.05, 0) is 5.56 Å². The van der Waals surface area contributed by atoms with Gasteiger partial charge < -0.3 is 9.52 Å². The number of hydrogen-bond acceptors (Lipinski definition) is 3. The van der Waals surface area contributed by atoms with E-state index in [0.29, 0.717) is 5.89 Å². The minimum absolute atomic E-state index is 0.0676. The Balaban J connectivity index is 0.000000606. The largest absolute Gasteiger partial charge is 0.449 e. The standard InChI is InChI=1S/C11H11NO2.C2H6/c1-8-12-11(7-14-8)10-4-2-9(6-13)3-5-10;1-2/h2-5,7,13H,6H2,1H3;1-2H3. The van der Waals surface area contributed by atoms with Crippen LogP contribution in [0, 0.1) is 6.92 Å². The molecule has 0 saturated heterocycles. The van der Waals surface area contributed by atoms with E-state index >= 15 is 0 Å². The summed E-state index contributed by atoms with van der Waals surface area (Å²) < 4.78 is 5.11. The Morgan fingerprint density at radius 3 is 2.25 bits per heavy atom. The van der Waals surface area contributed by atoms with Gasteiger partial charge in [-0.1, -0.05) is 38.1 Å². The van der Waals surface area contributed by atoms with Crippen LogP contribution in [0.4, 0.5) is 0 Å². The zero-order valence-electron chi connectivity index (χ0n) is 9.90. The number of rotatable bonds is 2. The van der Waals surface area contributed by atoms with Crippen LogP contribution in [-0.2, 0) is 6.61 Å². The fourth-order valence-corrected chi connectivity index (χ4v) is 1.28. The summed E-state index contributed by atoms with van der Waals surface area (Å²) in [5, 5.41) is 8.87. The molecule has 86 valence electrons. The third-order valence-electron chi connectivity index (χ3n) is 2.05. The molecule has 0 atom stereocenters. The van der Waals surface area contributed by atoms with E-state index in [9.17, 15) is 0 Å². The minimum atomic E-state index is 0.0676. The number of benzene rings is 1. The van der Waals surface area contributed by atoms with E-state index < -0.39 is 0 Å². The number of aromatic nitrogens is 1. The summed E-state index contributed by atoms with van der Waals surface area (Å²) in [6.07, 6.45) is 1.63. The summed E-state index contributed by atoms with van der Waals surface area (Å²) in [6.45, 7) is 5.88. The van der Waals surface area contributed by atoms with Crippen molar-refractivity contribution in [2.75, 3.05) is 0 Å². The molecule has 0 spiro atoms. The topological polar surface area (TPSA) is 46.3 Å². The summed E-state index contributed by atoms with van der Waals surface area (Å²) in [7, 11) is 0. The third kappa shape index (κ3) is 2.94. The van der Waals surface area contributed by atoms with Gasteiger partial charge >= 0.3 is 0 Å². The van der Waals surface area contributed by atoms with Crippen LogP contribution in [0.15, 0.2) is 34.9 Å². The molecule has 0 saturated carbocycles. The van der Waals surface area contributed by atoms with Gasteiger partial charge in [0, 0.05) is 12.5 Å². The maximum absolute atomic E-state index is 8.87. The predicted octanol–water partition coefficient (Wildman–Crippen LogP) is 3.17. The lowest BCUT2D eigenvalue weighted by atomic mass is 10.1. The molecule has 3 nitrogen and oxygen atoms in total. The SMILES string of the molecule is CC.Cc1nc(-c2ccc(CO)cc2)co1. The van der Waals surface area contributed by atoms with Gasteiger partial charge in [0.25, 0.3) is 0 Å². The van der Waals surface area contributed by atoms with Crippen molar-refractivity contribution in [1.29, 1.82) is 0 Å². The minimum Gasteiger partial charge on any atom is -0.449 e. The Hall–Kier alpha value is -1.61. The molecule has 0 aliphatic rings. The predicted molar refractivity (Wildman–Crippen MR) is 63.9 cm³/mol. The molecule has 0 amide bonds. The monoisotopic (exact) mass is 219 g/mol. The van der Waals surface area contributed by atoms with Gasteiger partial charge in [0.1, 0.15) is 12.0 Å². The summed E-state index contributed by atoms with van der Waals surface area (Å²) in [6, 6.07) is 7.59. The molecule has 0 unspecified atom stereocenters. The highest BCUT2D eigenvalue weighted by atomic mass is 16.3. The van der Waals surface area contributed by atoms with Crippen LogP contribution in [0.2, 0.25) is 0 Å². The fourth-order valence-electron chi connectivity index (χ4n) is 1.28. The average Bonchev–Trinajstić information content (AvgIpc) is 2.79. The first-order valence-electron chi connectivity index (χ1n) is 5.42. The second kappa shape index (κ2) is 6.08. The maximum atomic E-state index is 8.87. The van der Waals surface area contributed by atoms with E-state index in [1.54, 1.807) is 6.26 Å². The Morgan fingerprint density at radius 2 is 1.81 bits per heavy atom. The second-order valence-electron chi connectivity index (χ2n) is 3.11. The van der Waals surface area contributed by atoms with E-state index in [1.165, 1.54) is 0 Å². The molecular formula is C13H17NO2. The fraction of sp³-hybridized carbons (Fsp3) is 0.308. The molecule has 3 heteroatoms. The van der Waals surface area contributed by atoms with Crippen molar-refractivity contribution in [3.8, 4) is 11.3 Å². The molecule has 0 aliphatic carbocycles. The van der Waals surface area contributed by atoms with Crippen molar-refractivity contribution in [2.45, 2.75) is 27.4 Å². The van der Waals surface area contributed by atoms with E-state index in [0.717, 1.165) is 16.8 Å². The van der Waals surface area contributed by atoms with E-state index in [-0.39, 0.29) is 6.61 Å². The lowest BCUT2D eigenvalue weighted by Crippen LogP contribution is -1.83. The zero-order chi connectivity index (χ0) is 12.0. The van der Waals surface area contributed by atoms with Crippen molar-refractivity contribution in [3.63, 3.8) is 0 Å². The number of aryl methyl sites for hydroxylation is 1. The van der Waals surface area contributed by atoms with Crippen LogP contribution in [0.3, 0.4) is 0 Å². The van der Waals surface area contributed by atoms with Gasteiger partial charge in [0.05, 0.1) is 6.61 Å². The number of nitrogens with zero attached hydrogens (tertiary/aromatic N) is 1. The van der Waals surface area contributed by atoms with E-state index in [2.05, 4.69) is 4.98 Å². The summed E-state index contributed by atoms with van der Waals surface area (Å²) in [5.74, 6) is 0.659. The van der Waals surface area contributed by atoms with Crippen LogP contribution in [-0.4, -0.2) is 10.1 Å². The summed E-state index contributed by atoms with van der Waals surface area (Å²) >= 11 is 0. The van der Waals surface area contributed by atoms with Crippen molar-refractivity contribution >= 4 is 0 Å². The van der Waals surface area contributed by atoms with Gasteiger partial charge in [0.15, 0.2) is 5.89 Å². The first kappa shape index (κ1) is 12.5. The highest BCUT2D eigenvalue weighted by molar-refractivity contribution is 5.58. The van der Waals surface area contributed by atoms with Gasteiger partial charge in [-0.3, -0.25) is 0 Å². The Morgan fingerprint density at radius 1 is 1.19 bits per heavy atom. The van der Waals surface area contributed by atoms with Crippen molar-refractivity contribution < 1.29 is 9.52 Å². The molecule has 16 heavy (non-hydrogen) atoms. The molecule has 1 heterocycles. The number of oxazole rings is 1. The molecule has 0 bridgehead atoms. The number of aliphatic hydroxyl groups is 1. The second-order valence-corrected chi connectivity index (χ2v) is 3.11. The highest BCUT2D eigenvalue weighted by Crippen LogP contribution is 2.18.